The summed E-state index contributed by atoms with van der Waals surface area (Å²) >= 11 is 0. The van der Waals surface area contributed by atoms with Gasteiger partial charge in [0.1, 0.15) is 6.04 Å². The lowest BCUT2D eigenvalue weighted by atomic mass is 9.98. The van der Waals surface area contributed by atoms with Gasteiger partial charge in [0, 0.05) is 5.56 Å². The van der Waals surface area contributed by atoms with Crippen molar-refractivity contribution in [3.63, 3.8) is 0 Å². The van der Waals surface area contributed by atoms with Gasteiger partial charge in [0.15, 0.2) is 5.82 Å². The topological polar surface area (TPSA) is 88.2 Å². The van der Waals surface area contributed by atoms with Crippen molar-refractivity contribution in [3.8, 4) is 0 Å². The average molecular weight is 331 g/mol. The third kappa shape index (κ3) is 5.16. The van der Waals surface area contributed by atoms with E-state index < -0.39 is 5.60 Å². The second-order valence-corrected chi connectivity index (χ2v) is 6.62. The number of aromatic nitrogens is 2. The Morgan fingerprint density at radius 3 is 2.50 bits per heavy atom. The maximum absolute atomic E-state index is 12.4. The van der Waals surface area contributed by atoms with Crippen LogP contribution in [0.4, 0.5) is 0 Å². The summed E-state index contributed by atoms with van der Waals surface area (Å²) in [5.41, 5.74) is 0.983. The van der Waals surface area contributed by atoms with Gasteiger partial charge < -0.3 is 14.9 Å². The van der Waals surface area contributed by atoms with Crippen molar-refractivity contribution in [2.24, 2.45) is 0 Å². The highest BCUT2D eigenvalue weighted by atomic mass is 16.5. The van der Waals surface area contributed by atoms with Gasteiger partial charge in [0.05, 0.1) is 5.60 Å². The van der Waals surface area contributed by atoms with Crippen LogP contribution in [0.2, 0.25) is 0 Å². The number of amides is 1. The first kappa shape index (κ1) is 18.1. The molecule has 1 aromatic heterocycles. The van der Waals surface area contributed by atoms with E-state index in [0.29, 0.717) is 30.1 Å². The van der Waals surface area contributed by atoms with Crippen molar-refractivity contribution in [2.45, 2.75) is 58.6 Å². The maximum atomic E-state index is 12.4. The molecule has 0 bridgehead atoms. The summed E-state index contributed by atoms with van der Waals surface area (Å²) in [5, 5.41) is 16.4. The molecule has 2 aromatic rings. The van der Waals surface area contributed by atoms with Crippen molar-refractivity contribution in [3.05, 3.63) is 47.1 Å². The van der Waals surface area contributed by atoms with E-state index in [1.54, 1.807) is 32.9 Å². The molecular formula is C18H25N3O3. The van der Waals surface area contributed by atoms with Crippen LogP contribution in [-0.4, -0.2) is 26.8 Å². The molecule has 1 heterocycles. The number of carbonyl (C=O) groups excluding carboxylic acids is 1. The van der Waals surface area contributed by atoms with Crippen LogP contribution in [0, 0.1) is 6.92 Å². The molecule has 0 aliphatic rings. The van der Waals surface area contributed by atoms with Gasteiger partial charge in [0.25, 0.3) is 5.91 Å². The number of nitrogens with zero attached hydrogens (tertiary/aromatic N) is 2. The largest absolute Gasteiger partial charge is 0.390 e. The minimum atomic E-state index is -0.688. The Hall–Kier alpha value is -2.21. The van der Waals surface area contributed by atoms with Crippen LogP contribution in [0.1, 0.15) is 67.3 Å². The molecule has 0 aliphatic carbocycles. The van der Waals surface area contributed by atoms with Crippen molar-refractivity contribution in [1.29, 1.82) is 0 Å². The van der Waals surface area contributed by atoms with E-state index in [-0.39, 0.29) is 11.9 Å². The Morgan fingerprint density at radius 1 is 1.33 bits per heavy atom. The van der Waals surface area contributed by atoms with Crippen molar-refractivity contribution < 1.29 is 14.4 Å². The van der Waals surface area contributed by atoms with E-state index in [9.17, 15) is 9.90 Å². The highest BCUT2D eigenvalue weighted by Crippen LogP contribution is 2.17. The van der Waals surface area contributed by atoms with Gasteiger partial charge in [-0.3, -0.25) is 4.79 Å². The molecule has 2 N–H and O–H groups in total. The molecule has 1 atom stereocenters. The Labute approximate surface area is 142 Å². The summed E-state index contributed by atoms with van der Waals surface area (Å²) in [4.78, 5) is 16.6. The van der Waals surface area contributed by atoms with Crippen LogP contribution in [0.5, 0.6) is 0 Å². The Kier molecular flexibility index (Phi) is 5.72. The lowest BCUT2D eigenvalue weighted by Gasteiger charge is -2.16. The zero-order valence-electron chi connectivity index (χ0n) is 14.7. The molecule has 6 heteroatoms. The van der Waals surface area contributed by atoms with Crippen molar-refractivity contribution >= 4 is 5.91 Å². The van der Waals surface area contributed by atoms with E-state index in [1.165, 1.54) is 0 Å². The molecule has 0 unspecified atom stereocenters. The predicted molar refractivity (Wildman–Crippen MR) is 90.6 cm³/mol. The van der Waals surface area contributed by atoms with Crippen LogP contribution < -0.4 is 5.32 Å². The third-order valence-corrected chi connectivity index (χ3v) is 3.80. The highest BCUT2D eigenvalue weighted by Gasteiger charge is 2.19. The number of rotatable bonds is 7. The first-order valence-electron chi connectivity index (χ1n) is 8.21. The molecule has 130 valence electrons. The molecular weight excluding hydrogens is 306 g/mol. The normalized spacial score (nSPS) is 12.9. The number of aryl methyl sites for hydroxylation is 2. The summed E-state index contributed by atoms with van der Waals surface area (Å²) < 4.78 is 5.14. The van der Waals surface area contributed by atoms with Crippen LogP contribution in [0.25, 0.3) is 0 Å². The van der Waals surface area contributed by atoms with E-state index in [1.807, 2.05) is 19.1 Å². The molecule has 6 nitrogen and oxygen atoms in total. The number of aliphatic hydroxyl groups is 1. The molecule has 0 saturated carbocycles. The summed E-state index contributed by atoms with van der Waals surface area (Å²) in [6.45, 7) is 7.27. The summed E-state index contributed by atoms with van der Waals surface area (Å²) in [7, 11) is 0. The lowest BCUT2D eigenvalue weighted by Crippen LogP contribution is -2.28. The van der Waals surface area contributed by atoms with E-state index in [0.717, 1.165) is 12.0 Å². The van der Waals surface area contributed by atoms with Gasteiger partial charge in [-0.05, 0) is 57.7 Å². The van der Waals surface area contributed by atoms with Gasteiger partial charge in [-0.15, -0.1) is 0 Å². The Morgan fingerprint density at radius 2 is 2.00 bits per heavy atom. The van der Waals surface area contributed by atoms with Gasteiger partial charge >= 0.3 is 0 Å². The van der Waals surface area contributed by atoms with E-state index in [4.69, 9.17) is 4.52 Å². The van der Waals surface area contributed by atoms with Gasteiger partial charge in [-0.2, -0.15) is 4.98 Å². The fourth-order valence-electron chi connectivity index (χ4n) is 2.31. The molecule has 0 radical (unpaired) electrons. The quantitative estimate of drug-likeness (QED) is 0.814. The highest BCUT2D eigenvalue weighted by molar-refractivity contribution is 5.94. The van der Waals surface area contributed by atoms with Crippen LogP contribution in [-0.2, 0) is 6.42 Å². The Bertz CT molecular complexity index is 672. The fraction of sp³-hybridized carbons (Fsp3) is 0.500. The third-order valence-electron chi connectivity index (χ3n) is 3.80. The smallest absolute Gasteiger partial charge is 0.251 e. The van der Waals surface area contributed by atoms with Crippen LogP contribution in [0.3, 0.4) is 0 Å². The zero-order chi connectivity index (χ0) is 17.7. The van der Waals surface area contributed by atoms with Crippen LogP contribution in [0.15, 0.2) is 28.8 Å². The first-order valence-corrected chi connectivity index (χ1v) is 8.21. The Balaban J connectivity index is 1.99. The molecule has 0 saturated heterocycles. The second-order valence-electron chi connectivity index (χ2n) is 6.62. The first-order chi connectivity index (χ1) is 11.3. The van der Waals surface area contributed by atoms with E-state index in [2.05, 4.69) is 15.5 Å². The fourth-order valence-corrected chi connectivity index (χ4v) is 2.31. The summed E-state index contributed by atoms with van der Waals surface area (Å²) in [6, 6.07) is 7.12. The maximum Gasteiger partial charge on any atom is 0.251 e. The minimum absolute atomic E-state index is 0.174. The lowest BCUT2D eigenvalue weighted by molar-refractivity contribution is 0.0713. The number of carbonyl (C=O) groups is 1. The number of nitrogens with one attached hydrogen (secondary N) is 1. The molecule has 0 aliphatic heterocycles. The molecule has 1 aromatic carbocycles. The van der Waals surface area contributed by atoms with Gasteiger partial charge in [-0.25, -0.2) is 0 Å². The second kappa shape index (κ2) is 7.57. The van der Waals surface area contributed by atoms with Crippen LogP contribution >= 0.6 is 0 Å². The summed E-state index contributed by atoms with van der Waals surface area (Å²) in [5.74, 6) is 0.797. The van der Waals surface area contributed by atoms with Crippen molar-refractivity contribution in [1.82, 2.24) is 15.5 Å². The number of hydrogen-bond acceptors (Lipinski definition) is 5. The molecule has 24 heavy (non-hydrogen) atoms. The monoisotopic (exact) mass is 331 g/mol. The summed E-state index contributed by atoms with van der Waals surface area (Å²) in [6.07, 6.45) is 2.11. The molecule has 1 amide bonds. The van der Waals surface area contributed by atoms with Gasteiger partial charge in [-0.1, -0.05) is 24.2 Å². The number of benzene rings is 1. The van der Waals surface area contributed by atoms with E-state index >= 15 is 0 Å². The standard InChI is InChI=1S/C18H25N3O3/c1-5-15(17-19-12(2)21-24-17)20-16(22)14-8-6-13(7-9-14)10-11-18(3,4)23/h6-9,15,23H,5,10-11H2,1-4H3,(H,20,22)/t15-/m0/s1. The molecule has 0 fully saturated rings. The average Bonchev–Trinajstić information content (AvgIpc) is 2.96. The van der Waals surface area contributed by atoms with Gasteiger partial charge in [0.2, 0.25) is 5.89 Å². The molecule has 0 spiro atoms. The molecule has 2 rings (SSSR count). The minimum Gasteiger partial charge on any atom is -0.390 e. The predicted octanol–water partition coefficient (Wildman–Crippen LogP) is 2.96. The zero-order valence-corrected chi connectivity index (χ0v) is 14.7. The SMILES string of the molecule is CC[C@H](NC(=O)c1ccc(CCC(C)(C)O)cc1)c1nc(C)no1. The van der Waals surface area contributed by atoms with Crippen molar-refractivity contribution in [2.75, 3.05) is 0 Å². The number of hydrogen-bond donors (Lipinski definition) is 2.